The molecule has 1 saturated carbocycles. The Balaban J connectivity index is 1.80. The van der Waals surface area contributed by atoms with Gasteiger partial charge in [0.2, 0.25) is 0 Å². The fourth-order valence-corrected chi connectivity index (χ4v) is 2.95. The minimum atomic E-state index is -4.29. The molecule has 7 heteroatoms. The third-order valence-corrected chi connectivity index (χ3v) is 4.14. The van der Waals surface area contributed by atoms with E-state index in [4.69, 9.17) is 15.3 Å². The Hall–Kier alpha value is -0.370. The summed E-state index contributed by atoms with van der Waals surface area (Å²) in [5, 5.41) is 0. The van der Waals surface area contributed by atoms with Crippen LogP contribution < -0.4 is 11.3 Å². The van der Waals surface area contributed by atoms with E-state index < -0.39 is 12.8 Å². The molecule has 1 saturated heterocycles. The highest BCUT2D eigenvalue weighted by Gasteiger charge is 2.44. The number of alkyl halides is 3. The predicted octanol–water partition coefficient (Wildman–Crippen LogP) is 1.75. The average molecular weight is 282 g/mol. The zero-order chi connectivity index (χ0) is 13.9. The predicted molar refractivity (Wildman–Crippen MR) is 63.2 cm³/mol. The molecule has 3 N–H and O–H groups in total. The first kappa shape index (κ1) is 15.0. The van der Waals surface area contributed by atoms with Crippen molar-refractivity contribution in [2.45, 2.75) is 49.9 Å². The summed E-state index contributed by atoms with van der Waals surface area (Å²) >= 11 is 0. The third kappa shape index (κ3) is 4.05. The van der Waals surface area contributed by atoms with Crippen LogP contribution in [0, 0.1) is 5.92 Å². The molecule has 0 aromatic heterocycles. The summed E-state index contributed by atoms with van der Waals surface area (Å²) in [6, 6.07) is -0.247. The Kier molecular flexibility index (Phi) is 4.70. The Morgan fingerprint density at radius 1 is 1.42 bits per heavy atom. The van der Waals surface area contributed by atoms with Crippen molar-refractivity contribution >= 4 is 0 Å². The van der Waals surface area contributed by atoms with E-state index in [1.54, 1.807) is 0 Å². The molecule has 2 unspecified atom stereocenters. The van der Waals surface area contributed by atoms with Crippen molar-refractivity contribution in [3.8, 4) is 0 Å². The monoisotopic (exact) mass is 282 g/mol. The van der Waals surface area contributed by atoms with Crippen LogP contribution in [0.2, 0.25) is 0 Å². The molecule has 0 amide bonds. The first-order valence-electron chi connectivity index (χ1n) is 6.69. The number of nitrogens with two attached hydrogens (primary N) is 1. The van der Waals surface area contributed by atoms with Crippen LogP contribution in [0.15, 0.2) is 0 Å². The van der Waals surface area contributed by atoms with Gasteiger partial charge < -0.3 is 9.47 Å². The topological polar surface area (TPSA) is 56.5 Å². The van der Waals surface area contributed by atoms with Gasteiger partial charge in [0.25, 0.3) is 0 Å². The van der Waals surface area contributed by atoms with Crippen molar-refractivity contribution in [3.63, 3.8) is 0 Å². The molecule has 19 heavy (non-hydrogen) atoms. The standard InChI is InChI=1S/C12H21F3N2O2/c13-12(14,15)8-18-7-10(17-16)9-2-5-19-11(6-9)3-1-4-11/h9-10,17H,1-8,16H2. The van der Waals surface area contributed by atoms with Gasteiger partial charge >= 0.3 is 6.18 Å². The van der Waals surface area contributed by atoms with E-state index in [9.17, 15) is 13.2 Å². The van der Waals surface area contributed by atoms with E-state index in [0.717, 1.165) is 32.1 Å². The fraction of sp³-hybridized carbons (Fsp3) is 1.00. The number of hydrazine groups is 1. The Morgan fingerprint density at radius 3 is 2.68 bits per heavy atom. The van der Waals surface area contributed by atoms with Gasteiger partial charge in [-0.1, -0.05) is 0 Å². The SMILES string of the molecule is NNC(COCC(F)(F)F)C1CCOC2(CCC2)C1. The van der Waals surface area contributed by atoms with Crippen molar-refractivity contribution in [2.75, 3.05) is 19.8 Å². The van der Waals surface area contributed by atoms with Crippen LogP contribution >= 0.6 is 0 Å². The lowest BCUT2D eigenvalue weighted by Crippen LogP contribution is -2.53. The summed E-state index contributed by atoms with van der Waals surface area (Å²) in [7, 11) is 0. The molecular formula is C12H21F3N2O2. The lowest BCUT2D eigenvalue weighted by atomic mass is 9.70. The molecule has 0 aromatic carbocycles. The minimum Gasteiger partial charge on any atom is -0.375 e. The second-order valence-corrected chi connectivity index (χ2v) is 5.54. The van der Waals surface area contributed by atoms with Crippen LogP contribution in [0.5, 0.6) is 0 Å². The van der Waals surface area contributed by atoms with Gasteiger partial charge in [0.15, 0.2) is 0 Å². The maximum absolute atomic E-state index is 12.0. The van der Waals surface area contributed by atoms with Crippen LogP contribution in [0.1, 0.15) is 32.1 Å². The normalized spacial score (nSPS) is 28.1. The van der Waals surface area contributed by atoms with E-state index in [1.807, 2.05) is 0 Å². The van der Waals surface area contributed by atoms with E-state index in [0.29, 0.717) is 6.61 Å². The van der Waals surface area contributed by atoms with Crippen LogP contribution in [-0.2, 0) is 9.47 Å². The fourth-order valence-electron chi connectivity index (χ4n) is 2.95. The third-order valence-electron chi connectivity index (χ3n) is 4.14. The van der Waals surface area contributed by atoms with Gasteiger partial charge in [-0.3, -0.25) is 11.3 Å². The number of halogens is 3. The van der Waals surface area contributed by atoms with Crippen LogP contribution in [-0.4, -0.2) is 37.6 Å². The molecule has 4 nitrogen and oxygen atoms in total. The first-order chi connectivity index (χ1) is 8.94. The van der Waals surface area contributed by atoms with E-state index >= 15 is 0 Å². The summed E-state index contributed by atoms with van der Waals surface area (Å²) in [4.78, 5) is 0. The second kappa shape index (κ2) is 5.95. The smallest absolute Gasteiger partial charge is 0.375 e. The Morgan fingerprint density at radius 2 is 2.16 bits per heavy atom. The highest BCUT2D eigenvalue weighted by atomic mass is 19.4. The van der Waals surface area contributed by atoms with E-state index in [1.165, 1.54) is 0 Å². The number of nitrogens with one attached hydrogen (secondary N) is 1. The minimum absolute atomic E-state index is 0.0171. The van der Waals surface area contributed by atoms with Gasteiger partial charge in [0.05, 0.1) is 12.2 Å². The summed E-state index contributed by atoms with van der Waals surface area (Å²) < 4.78 is 46.6. The summed E-state index contributed by atoms with van der Waals surface area (Å²) in [6.07, 6.45) is 0.639. The lowest BCUT2D eigenvalue weighted by molar-refractivity contribution is -0.180. The quantitative estimate of drug-likeness (QED) is 0.596. The molecule has 0 bridgehead atoms. The van der Waals surface area contributed by atoms with Crippen LogP contribution in [0.4, 0.5) is 13.2 Å². The zero-order valence-corrected chi connectivity index (χ0v) is 10.8. The first-order valence-corrected chi connectivity index (χ1v) is 6.69. The van der Waals surface area contributed by atoms with Gasteiger partial charge in [-0.15, -0.1) is 0 Å². The van der Waals surface area contributed by atoms with E-state index in [-0.39, 0.29) is 24.2 Å². The molecule has 2 rings (SSSR count). The highest BCUT2D eigenvalue weighted by molar-refractivity contribution is 4.96. The molecule has 2 atom stereocenters. The largest absolute Gasteiger partial charge is 0.411 e. The van der Waals surface area contributed by atoms with Crippen LogP contribution in [0.25, 0.3) is 0 Å². The van der Waals surface area contributed by atoms with Crippen molar-refractivity contribution in [1.82, 2.24) is 5.43 Å². The molecule has 2 aliphatic rings. The van der Waals surface area contributed by atoms with Crippen LogP contribution in [0.3, 0.4) is 0 Å². The van der Waals surface area contributed by atoms with Gasteiger partial charge in [-0.2, -0.15) is 13.2 Å². The number of rotatable bonds is 5. The highest BCUT2D eigenvalue weighted by Crippen LogP contribution is 2.44. The Labute approximate surface area is 110 Å². The molecule has 1 heterocycles. The van der Waals surface area contributed by atoms with Crippen molar-refractivity contribution < 1.29 is 22.6 Å². The lowest BCUT2D eigenvalue weighted by Gasteiger charge is -2.48. The molecule has 112 valence electrons. The molecule has 2 fully saturated rings. The number of hydrogen-bond acceptors (Lipinski definition) is 4. The molecule has 0 radical (unpaired) electrons. The van der Waals surface area contributed by atoms with Gasteiger partial charge in [0, 0.05) is 12.6 Å². The zero-order valence-electron chi connectivity index (χ0n) is 10.8. The van der Waals surface area contributed by atoms with Gasteiger partial charge in [0.1, 0.15) is 6.61 Å². The molecule has 1 spiro atoms. The maximum atomic E-state index is 12.0. The summed E-state index contributed by atoms with van der Waals surface area (Å²) in [5.41, 5.74) is 2.56. The van der Waals surface area contributed by atoms with Gasteiger partial charge in [-0.25, -0.2) is 0 Å². The summed E-state index contributed by atoms with van der Waals surface area (Å²) in [5.74, 6) is 5.66. The molecule has 0 aromatic rings. The molecule has 1 aliphatic carbocycles. The molecular weight excluding hydrogens is 261 g/mol. The van der Waals surface area contributed by atoms with Crippen molar-refractivity contribution in [2.24, 2.45) is 11.8 Å². The maximum Gasteiger partial charge on any atom is 0.411 e. The van der Waals surface area contributed by atoms with Crippen molar-refractivity contribution in [3.05, 3.63) is 0 Å². The Bertz CT molecular complexity index is 295. The average Bonchev–Trinajstić information content (AvgIpc) is 2.31. The number of hydrogen-bond donors (Lipinski definition) is 2. The summed E-state index contributed by atoms with van der Waals surface area (Å²) in [6.45, 7) is -0.585. The van der Waals surface area contributed by atoms with Crippen molar-refractivity contribution in [1.29, 1.82) is 0 Å². The van der Waals surface area contributed by atoms with E-state index in [2.05, 4.69) is 5.43 Å². The number of ether oxygens (including phenoxy) is 2. The van der Waals surface area contributed by atoms with Gasteiger partial charge in [-0.05, 0) is 38.0 Å². The molecule has 1 aliphatic heterocycles. The second-order valence-electron chi connectivity index (χ2n) is 5.54.